The molecule has 0 saturated carbocycles. The van der Waals surface area contributed by atoms with Crippen molar-refractivity contribution in [1.29, 1.82) is 0 Å². The summed E-state index contributed by atoms with van der Waals surface area (Å²) in [5.74, 6) is -1.77. The molecular weight excluding hydrogens is 332 g/mol. The molecule has 0 spiro atoms. The zero-order chi connectivity index (χ0) is 18.3. The lowest BCUT2D eigenvalue weighted by atomic mass is 9.83. The Morgan fingerprint density at radius 2 is 2.12 bits per heavy atom. The van der Waals surface area contributed by atoms with E-state index in [1.54, 1.807) is 26.0 Å². The Morgan fingerprint density at radius 3 is 2.76 bits per heavy atom. The smallest absolute Gasteiger partial charge is 0.336 e. The highest BCUT2D eigenvalue weighted by Crippen LogP contribution is 2.40. The zero-order valence-electron chi connectivity index (χ0n) is 13.6. The van der Waals surface area contributed by atoms with Gasteiger partial charge in [-0.15, -0.1) is 0 Å². The van der Waals surface area contributed by atoms with Crippen LogP contribution in [-0.2, 0) is 9.53 Å². The first-order valence-corrected chi connectivity index (χ1v) is 7.26. The molecule has 130 valence electrons. The molecule has 1 aliphatic heterocycles. The van der Waals surface area contributed by atoms with E-state index in [2.05, 4.69) is 15.1 Å². The minimum atomic E-state index is -1.06. The Bertz CT molecular complexity index is 958. The van der Waals surface area contributed by atoms with Crippen molar-refractivity contribution in [3.63, 3.8) is 0 Å². The third kappa shape index (κ3) is 2.47. The lowest BCUT2D eigenvalue weighted by Crippen LogP contribution is -2.31. The molecule has 10 nitrogen and oxygen atoms in total. The summed E-state index contributed by atoms with van der Waals surface area (Å²) in [7, 11) is 1.19. The number of carbonyl (C=O) groups excluding carboxylic acids is 1. The molecule has 0 amide bonds. The molecule has 2 heterocycles. The molecule has 1 N–H and O–H groups in total. The van der Waals surface area contributed by atoms with Crippen LogP contribution in [0.1, 0.15) is 25.3 Å². The molecule has 10 heteroatoms. The number of benzene rings is 1. The van der Waals surface area contributed by atoms with Gasteiger partial charge in [0.05, 0.1) is 23.3 Å². The predicted octanol–water partition coefficient (Wildman–Crippen LogP) is 1.10. The first-order chi connectivity index (χ1) is 11.9. The van der Waals surface area contributed by atoms with Gasteiger partial charge in [0.1, 0.15) is 5.92 Å². The molecular formula is C15H14N4O6. The summed E-state index contributed by atoms with van der Waals surface area (Å²) in [5.41, 5.74) is 1.13. The van der Waals surface area contributed by atoms with Crippen LogP contribution in [0, 0.1) is 15.3 Å². The van der Waals surface area contributed by atoms with E-state index >= 15 is 0 Å². The number of aromatic nitrogens is 2. The number of allylic oxidation sites excluding steroid dienone is 3. The number of dihydropyridines is 1. The number of nitrogens with one attached hydrogen (secondary N) is 1. The summed E-state index contributed by atoms with van der Waals surface area (Å²) < 4.78 is 9.39. The minimum absolute atomic E-state index is 0.0766. The fourth-order valence-electron chi connectivity index (χ4n) is 3.06. The Hall–Kier alpha value is -3.43. The van der Waals surface area contributed by atoms with Gasteiger partial charge >= 0.3 is 5.97 Å². The van der Waals surface area contributed by atoms with Gasteiger partial charge in [0, 0.05) is 16.4 Å². The van der Waals surface area contributed by atoms with E-state index in [9.17, 15) is 20.1 Å². The van der Waals surface area contributed by atoms with Crippen molar-refractivity contribution in [2.45, 2.75) is 19.8 Å². The van der Waals surface area contributed by atoms with Gasteiger partial charge in [0.2, 0.25) is 5.52 Å². The summed E-state index contributed by atoms with van der Waals surface area (Å²) in [6, 6.07) is 4.58. The maximum atomic E-state index is 12.3. The molecule has 25 heavy (non-hydrogen) atoms. The summed E-state index contributed by atoms with van der Waals surface area (Å²) in [6.07, 6.45) is 0. The van der Waals surface area contributed by atoms with Crippen LogP contribution in [0.5, 0.6) is 0 Å². The van der Waals surface area contributed by atoms with E-state index in [-0.39, 0.29) is 32.9 Å². The van der Waals surface area contributed by atoms with E-state index in [4.69, 9.17) is 4.74 Å². The van der Waals surface area contributed by atoms with Crippen molar-refractivity contribution >= 4 is 17.0 Å². The van der Waals surface area contributed by atoms with Crippen molar-refractivity contribution in [3.05, 3.63) is 61.7 Å². The van der Waals surface area contributed by atoms with E-state index < -0.39 is 16.8 Å². The summed E-state index contributed by atoms with van der Waals surface area (Å²) in [5, 5.41) is 29.9. The molecule has 0 saturated heterocycles. The molecule has 1 aromatic carbocycles. The van der Waals surface area contributed by atoms with Gasteiger partial charge in [-0.1, -0.05) is 12.1 Å². The molecule has 3 rings (SSSR count). The van der Waals surface area contributed by atoms with Crippen LogP contribution in [-0.4, -0.2) is 23.2 Å². The van der Waals surface area contributed by atoms with Crippen LogP contribution in [0.2, 0.25) is 0 Å². The summed E-state index contributed by atoms with van der Waals surface area (Å²) in [6.45, 7) is 3.16. The minimum Gasteiger partial charge on any atom is -0.466 e. The lowest BCUT2D eigenvalue weighted by molar-refractivity contribution is -0.782. The van der Waals surface area contributed by atoms with Gasteiger partial charge in [-0.2, -0.15) is 0 Å². The SMILES string of the molecule is COC(=O)C1=C(C)NC(C)=C([N+](=O)[O-])[C@H]1c1cccc2c1no[n+]2[O-]. The maximum Gasteiger partial charge on any atom is 0.336 e. The lowest BCUT2D eigenvalue weighted by Gasteiger charge is -2.25. The quantitative estimate of drug-likeness (QED) is 0.378. The topological polar surface area (TPSA) is 134 Å². The fourth-order valence-corrected chi connectivity index (χ4v) is 3.06. The van der Waals surface area contributed by atoms with Crippen LogP contribution >= 0.6 is 0 Å². The molecule has 0 aliphatic carbocycles. The molecule has 0 unspecified atom stereocenters. The van der Waals surface area contributed by atoms with Crippen LogP contribution in [0.25, 0.3) is 11.0 Å². The normalized spacial score (nSPS) is 17.6. The van der Waals surface area contributed by atoms with Gasteiger partial charge < -0.3 is 15.3 Å². The van der Waals surface area contributed by atoms with Crippen LogP contribution < -0.4 is 10.2 Å². The van der Waals surface area contributed by atoms with Crippen molar-refractivity contribution in [2.24, 2.45) is 0 Å². The van der Waals surface area contributed by atoms with Crippen molar-refractivity contribution in [1.82, 2.24) is 10.5 Å². The van der Waals surface area contributed by atoms with Gasteiger partial charge in [0.25, 0.3) is 11.2 Å². The van der Waals surface area contributed by atoms with Gasteiger partial charge in [0.15, 0.2) is 0 Å². The number of esters is 1. The van der Waals surface area contributed by atoms with Gasteiger partial charge in [-0.05, 0) is 24.8 Å². The average Bonchev–Trinajstić information content (AvgIpc) is 2.94. The molecule has 0 bridgehead atoms. The van der Waals surface area contributed by atoms with E-state index in [1.807, 2.05) is 0 Å². The Labute approximate surface area is 141 Å². The number of hydrogen-bond acceptors (Lipinski definition) is 8. The second-order valence-corrected chi connectivity index (χ2v) is 5.50. The van der Waals surface area contributed by atoms with Gasteiger partial charge in [-0.25, -0.2) is 4.79 Å². The Morgan fingerprint density at radius 1 is 1.40 bits per heavy atom. The van der Waals surface area contributed by atoms with Crippen LogP contribution in [0.15, 0.2) is 45.5 Å². The van der Waals surface area contributed by atoms with Crippen LogP contribution in [0.4, 0.5) is 0 Å². The third-order valence-corrected chi connectivity index (χ3v) is 4.09. The highest BCUT2D eigenvalue weighted by molar-refractivity contribution is 5.93. The number of carbonyl (C=O) groups is 1. The average molecular weight is 346 g/mol. The first-order valence-electron chi connectivity index (χ1n) is 7.26. The largest absolute Gasteiger partial charge is 0.466 e. The predicted molar refractivity (Wildman–Crippen MR) is 83.3 cm³/mol. The number of ether oxygens (including phenoxy) is 1. The number of methoxy groups -OCH3 is 1. The number of hydrogen-bond donors (Lipinski definition) is 1. The zero-order valence-corrected chi connectivity index (χ0v) is 13.6. The molecule has 0 radical (unpaired) electrons. The monoisotopic (exact) mass is 346 g/mol. The Balaban J connectivity index is 2.34. The first kappa shape index (κ1) is 16.4. The second kappa shape index (κ2) is 5.89. The van der Waals surface area contributed by atoms with Crippen molar-refractivity contribution in [2.75, 3.05) is 7.11 Å². The molecule has 0 fully saturated rings. The van der Waals surface area contributed by atoms with Crippen LogP contribution in [0.3, 0.4) is 0 Å². The molecule has 1 aromatic heterocycles. The van der Waals surface area contributed by atoms with Crippen molar-refractivity contribution < 1.29 is 24.0 Å². The maximum absolute atomic E-state index is 12.3. The highest BCUT2D eigenvalue weighted by atomic mass is 16.8. The summed E-state index contributed by atoms with van der Waals surface area (Å²) in [4.78, 5) is 23.6. The van der Waals surface area contributed by atoms with E-state index in [1.165, 1.54) is 13.2 Å². The molecule has 1 atom stereocenters. The third-order valence-electron chi connectivity index (χ3n) is 4.09. The van der Waals surface area contributed by atoms with E-state index in [0.29, 0.717) is 11.3 Å². The fraction of sp³-hybridized carbons (Fsp3) is 0.267. The second-order valence-electron chi connectivity index (χ2n) is 5.50. The number of nitrogens with zero attached hydrogens (tertiary/aromatic N) is 3. The molecule has 1 aliphatic rings. The number of fused-ring (bicyclic) bond motifs is 1. The van der Waals surface area contributed by atoms with Crippen molar-refractivity contribution in [3.8, 4) is 0 Å². The van der Waals surface area contributed by atoms with E-state index in [0.717, 1.165) is 0 Å². The van der Waals surface area contributed by atoms with Gasteiger partial charge in [-0.3, -0.25) is 14.7 Å². The molecule has 2 aromatic rings. The number of rotatable bonds is 3. The summed E-state index contributed by atoms with van der Waals surface area (Å²) >= 11 is 0. The number of nitro groups is 1. The standard InChI is InChI=1S/C15H14N4O6/c1-7-11(15(20)24-3)12(14(18(21)22)8(2)16-7)9-5-4-6-10-13(9)17-25-19(10)23/h4-6,12,16H,1-3H3/t12-/m0/s1. The Kier molecular flexibility index (Phi) is 3.87. The highest BCUT2D eigenvalue weighted by Gasteiger charge is 2.42.